The van der Waals surface area contributed by atoms with E-state index in [4.69, 9.17) is 21.1 Å². The van der Waals surface area contributed by atoms with Gasteiger partial charge in [0.15, 0.2) is 0 Å². The monoisotopic (exact) mass is 384 g/mol. The van der Waals surface area contributed by atoms with Gasteiger partial charge in [-0.2, -0.15) is 0 Å². The summed E-state index contributed by atoms with van der Waals surface area (Å²) >= 11 is 8.59. The molecule has 0 N–H and O–H groups in total. The second kappa shape index (κ2) is 5.42. The van der Waals surface area contributed by atoms with Gasteiger partial charge in [-0.05, 0) is 0 Å². The summed E-state index contributed by atoms with van der Waals surface area (Å²) in [7, 11) is 3.20. The van der Waals surface area contributed by atoms with Crippen molar-refractivity contribution in [2.45, 2.75) is 0 Å². The summed E-state index contributed by atoms with van der Waals surface area (Å²) in [5.74, 6) is 1.31. The zero-order valence-corrected chi connectivity index (χ0v) is 13.4. The molecule has 0 atom stereocenters. The van der Waals surface area contributed by atoms with Gasteiger partial charge in [0.05, 0.1) is 0 Å². The van der Waals surface area contributed by atoms with Crippen molar-refractivity contribution < 1.29 is 9.47 Å². The van der Waals surface area contributed by atoms with Crippen LogP contribution < -0.4 is 14.1 Å². The van der Waals surface area contributed by atoms with Crippen molar-refractivity contribution in [1.29, 1.82) is 0 Å². The first-order valence-corrected chi connectivity index (χ1v) is 10.6. The van der Waals surface area contributed by atoms with E-state index >= 15 is 0 Å². The average molecular weight is 383 g/mol. The number of halogens is 1. The zero-order chi connectivity index (χ0) is 12.4. The molecule has 2 rings (SSSR count). The molecule has 0 aliphatic carbocycles. The van der Waals surface area contributed by atoms with E-state index < -0.39 is 0 Å². The summed E-state index contributed by atoms with van der Waals surface area (Å²) in [6.07, 6.45) is 0. The average Bonchev–Trinajstić information content (AvgIpc) is 2.35. The van der Waals surface area contributed by atoms with Crippen LogP contribution in [0.25, 0.3) is 10.9 Å². The van der Waals surface area contributed by atoms with Gasteiger partial charge in [-0.1, -0.05) is 0 Å². The van der Waals surface area contributed by atoms with Crippen LogP contribution in [-0.4, -0.2) is 51.5 Å². The summed E-state index contributed by atoms with van der Waals surface area (Å²) in [6.45, 7) is 0. The molecule has 0 unspecified atom stereocenters. The van der Waals surface area contributed by atoms with E-state index in [1.54, 1.807) is 14.2 Å². The minimum absolute atomic E-state index is 0.178. The van der Waals surface area contributed by atoms with Gasteiger partial charge >= 0.3 is 117 Å². The number of nitrogens with zero attached hydrogens (tertiary/aromatic N) is 2. The molecular weight excluding hydrogens is 373 g/mol. The van der Waals surface area contributed by atoms with E-state index in [1.807, 2.05) is 12.1 Å². The molecular formula is C10H9ClN2O2Se2. The number of benzene rings is 1. The second-order valence-electron chi connectivity index (χ2n) is 3.11. The van der Waals surface area contributed by atoms with E-state index in [-0.39, 0.29) is 18.4 Å². The van der Waals surface area contributed by atoms with Crippen LogP contribution in [0, 0.1) is 0 Å². The number of rotatable bonds is 3. The standard InChI is InChI=1S/C10H9ClN2O2Se2/c1-14-7-3-5-6(4-8(7)15-2)12-10(11)13-9(5)17-16/h3-4,16H,1-2H3. The second-order valence-corrected chi connectivity index (χ2v) is 6.64. The van der Waals surface area contributed by atoms with Gasteiger partial charge in [-0.25, -0.2) is 0 Å². The number of hydrogen-bond acceptors (Lipinski definition) is 4. The van der Waals surface area contributed by atoms with Crippen LogP contribution in [0.3, 0.4) is 0 Å². The fraction of sp³-hybridized carbons (Fsp3) is 0.200. The van der Waals surface area contributed by atoms with E-state index in [0.29, 0.717) is 11.5 Å². The van der Waals surface area contributed by atoms with Gasteiger partial charge in [0.25, 0.3) is 0 Å². The SMILES string of the molecule is COc1cc2nc(Cl)nc([Se][SeH])c2cc1OC. The molecule has 4 nitrogen and oxygen atoms in total. The zero-order valence-electron chi connectivity index (χ0n) is 9.10. The molecule has 2 aromatic rings. The van der Waals surface area contributed by atoms with Crippen LogP contribution in [0.5, 0.6) is 11.5 Å². The summed E-state index contributed by atoms with van der Waals surface area (Å²) in [4.78, 5) is 8.41. The molecule has 0 amide bonds. The van der Waals surface area contributed by atoms with Gasteiger partial charge in [-0.15, -0.1) is 0 Å². The fourth-order valence-corrected chi connectivity index (χ4v) is 4.09. The van der Waals surface area contributed by atoms with Crippen molar-refractivity contribution in [3.63, 3.8) is 0 Å². The van der Waals surface area contributed by atoms with Crippen LogP contribution in [0.4, 0.5) is 0 Å². The van der Waals surface area contributed by atoms with Gasteiger partial charge < -0.3 is 0 Å². The van der Waals surface area contributed by atoms with Crippen LogP contribution in [0.2, 0.25) is 5.28 Å². The predicted molar refractivity (Wildman–Crippen MR) is 70.2 cm³/mol. The van der Waals surface area contributed by atoms with Crippen molar-refractivity contribution in [1.82, 2.24) is 9.97 Å². The predicted octanol–water partition coefficient (Wildman–Crippen LogP) is 0.446. The topological polar surface area (TPSA) is 44.2 Å². The Bertz CT molecular complexity index is 565. The number of hydrogen-bond donors (Lipinski definition) is 0. The van der Waals surface area contributed by atoms with Crippen molar-refractivity contribution in [3.8, 4) is 11.5 Å². The number of fused-ring (bicyclic) bond motifs is 1. The molecule has 17 heavy (non-hydrogen) atoms. The van der Waals surface area contributed by atoms with E-state index in [1.165, 1.54) is 0 Å². The number of aromatic nitrogens is 2. The summed E-state index contributed by atoms with van der Waals surface area (Å²) in [5, 5.41) is 1.21. The normalized spacial score (nSPS) is 10.6. The maximum absolute atomic E-state index is 5.88. The quantitative estimate of drug-likeness (QED) is 0.571. The van der Waals surface area contributed by atoms with Crippen molar-refractivity contribution in [2.75, 3.05) is 14.2 Å². The molecule has 0 spiro atoms. The Morgan fingerprint density at radius 3 is 2.41 bits per heavy atom. The third kappa shape index (κ3) is 2.51. The first-order valence-electron chi connectivity index (χ1n) is 4.60. The molecule has 1 heterocycles. The van der Waals surface area contributed by atoms with Crippen molar-refractivity contribution in [3.05, 3.63) is 17.4 Å². The number of methoxy groups -OCH3 is 2. The molecule has 0 aliphatic rings. The molecule has 0 aliphatic heterocycles. The van der Waals surface area contributed by atoms with Crippen molar-refractivity contribution >= 4 is 54.4 Å². The summed E-state index contributed by atoms with van der Waals surface area (Å²) in [6, 6.07) is 3.69. The minimum atomic E-state index is 0.178. The van der Waals surface area contributed by atoms with Crippen LogP contribution in [0.1, 0.15) is 0 Å². The molecule has 7 heteroatoms. The Morgan fingerprint density at radius 1 is 1.18 bits per heavy atom. The van der Waals surface area contributed by atoms with Gasteiger partial charge in [0.1, 0.15) is 0 Å². The van der Waals surface area contributed by atoms with Crippen LogP contribution in [-0.2, 0) is 0 Å². The Morgan fingerprint density at radius 2 is 1.82 bits per heavy atom. The fourth-order valence-electron chi connectivity index (χ4n) is 1.47. The van der Waals surface area contributed by atoms with Gasteiger partial charge in [0, 0.05) is 0 Å². The Kier molecular flexibility index (Phi) is 4.12. The Balaban J connectivity index is 2.77. The molecule has 0 saturated carbocycles. The molecule has 90 valence electrons. The first kappa shape index (κ1) is 12.9. The molecule has 0 saturated heterocycles. The third-order valence-corrected chi connectivity index (χ3v) is 5.30. The molecule has 0 radical (unpaired) electrons. The van der Waals surface area contributed by atoms with E-state index in [0.717, 1.165) is 15.5 Å². The van der Waals surface area contributed by atoms with Crippen LogP contribution in [0.15, 0.2) is 12.1 Å². The van der Waals surface area contributed by atoms with E-state index in [2.05, 4.69) is 24.2 Å². The van der Waals surface area contributed by atoms with Crippen LogP contribution >= 0.6 is 11.6 Å². The number of ether oxygens (including phenoxy) is 2. The Labute approximate surface area is 117 Å². The first-order chi connectivity index (χ1) is 8.19. The molecule has 0 bridgehead atoms. The molecule has 1 aromatic heterocycles. The van der Waals surface area contributed by atoms with Gasteiger partial charge in [-0.3, -0.25) is 0 Å². The van der Waals surface area contributed by atoms with Gasteiger partial charge in [0.2, 0.25) is 0 Å². The van der Waals surface area contributed by atoms with E-state index in [9.17, 15) is 0 Å². The Hall–Kier alpha value is -0.511. The molecule has 1 aromatic carbocycles. The third-order valence-electron chi connectivity index (χ3n) is 2.23. The summed E-state index contributed by atoms with van der Waals surface area (Å²) in [5.41, 5.74) is 0.769. The maximum atomic E-state index is 5.88. The van der Waals surface area contributed by atoms with Crippen molar-refractivity contribution in [2.24, 2.45) is 0 Å². The molecule has 0 fully saturated rings. The summed E-state index contributed by atoms with van der Waals surface area (Å²) < 4.78 is 11.4.